The van der Waals surface area contributed by atoms with Crippen LogP contribution < -0.4 is 15.4 Å². The lowest BCUT2D eigenvalue weighted by Gasteiger charge is -2.12. The van der Waals surface area contributed by atoms with Gasteiger partial charge in [0.25, 0.3) is 11.8 Å². The van der Waals surface area contributed by atoms with Gasteiger partial charge in [-0.25, -0.2) is 0 Å². The lowest BCUT2D eigenvalue weighted by Crippen LogP contribution is -2.18. The molecule has 2 amide bonds. The van der Waals surface area contributed by atoms with Crippen molar-refractivity contribution >= 4 is 46.4 Å². The van der Waals surface area contributed by atoms with Crippen molar-refractivity contribution in [2.45, 2.75) is 0 Å². The number of para-hydroxylation sites is 1. The zero-order chi connectivity index (χ0) is 20.1. The highest BCUT2D eigenvalue weighted by Crippen LogP contribution is 2.24. The molecule has 0 atom stereocenters. The van der Waals surface area contributed by atoms with Gasteiger partial charge in [-0.1, -0.05) is 41.4 Å². The quantitative estimate of drug-likeness (QED) is 0.578. The maximum absolute atomic E-state index is 12.7. The predicted octanol–water partition coefficient (Wildman–Crippen LogP) is 5.51. The van der Waals surface area contributed by atoms with Crippen LogP contribution in [0.2, 0.25) is 10.0 Å². The van der Waals surface area contributed by atoms with E-state index in [4.69, 9.17) is 27.9 Å². The van der Waals surface area contributed by atoms with Gasteiger partial charge in [0, 0.05) is 16.8 Å². The summed E-state index contributed by atoms with van der Waals surface area (Å²) in [6.07, 6.45) is 0. The molecule has 0 radical (unpaired) electrons. The molecule has 2 N–H and O–H groups in total. The molecule has 0 saturated heterocycles. The van der Waals surface area contributed by atoms with Crippen molar-refractivity contribution in [1.82, 2.24) is 0 Å². The molecule has 0 aliphatic carbocycles. The highest BCUT2D eigenvalue weighted by Gasteiger charge is 2.16. The number of nitrogens with one attached hydrogen (secondary N) is 2. The van der Waals surface area contributed by atoms with Crippen molar-refractivity contribution in [2.75, 3.05) is 17.7 Å². The third-order valence-corrected chi connectivity index (χ3v) is 4.47. The molecule has 7 heteroatoms. The van der Waals surface area contributed by atoms with Crippen LogP contribution in [0.3, 0.4) is 0 Å². The minimum atomic E-state index is -0.441. The lowest BCUT2D eigenvalue weighted by atomic mass is 10.1. The van der Waals surface area contributed by atoms with Gasteiger partial charge < -0.3 is 15.4 Å². The normalized spacial score (nSPS) is 10.2. The Morgan fingerprint density at radius 1 is 0.821 bits per heavy atom. The molecule has 3 aromatic rings. The molecule has 0 bridgehead atoms. The summed E-state index contributed by atoms with van der Waals surface area (Å²) in [4.78, 5) is 25.3. The monoisotopic (exact) mass is 414 g/mol. The number of anilines is 2. The fourth-order valence-corrected chi connectivity index (χ4v) is 3.05. The molecule has 0 fully saturated rings. The maximum Gasteiger partial charge on any atom is 0.257 e. The Balaban J connectivity index is 1.82. The van der Waals surface area contributed by atoms with Gasteiger partial charge in [-0.3, -0.25) is 9.59 Å². The van der Waals surface area contributed by atoms with Crippen molar-refractivity contribution in [1.29, 1.82) is 0 Å². The van der Waals surface area contributed by atoms with Crippen molar-refractivity contribution in [2.24, 2.45) is 0 Å². The SMILES string of the molecule is COc1cccc(NC(=O)c2ccccc2NC(=O)c2ccc(Cl)cc2Cl)c1. The van der Waals surface area contributed by atoms with E-state index >= 15 is 0 Å². The summed E-state index contributed by atoms with van der Waals surface area (Å²) < 4.78 is 5.16. The summed E-state index contributed by atoms with van der Waals surface area (Å²) in [6, 6.07) is 18.3. The molecule has 0 spiro atoms. The third kappa shape index (κ3) is 4.63. The van der Waals surface area contributed by atoms with E-state index < -0.39 is 5.91 Å². The van der Waals surface area contributed by atoms with Crippen LogP contribution in [0.5, 0.6) is 5.75 Å². The number of hydrogen-bond donors (Lipinski definition) is 2. The van der Waals surface area contributed by atoms with Gasteiger partial charge in [-0.2, -0.15) is 0 Å². The second kappa shape index (κ2) is 8.78. The number of halogens is 2. The van der Waals surface area contributed by atoms with Gasteiger partial charge in [0.05, 0.1) is 28.9 Å². The van der Waals surface area contributed by atoms with Crippen molar-refractivity contribution in [3.8, 4) is 5.75 Å². The maximum atomic E-state index is 12.7. The van der Waals surface area contributed by atoms with Crippen LogP contribution in [-0.2, 0) is 0 Å². The van der Waals surface area contributed by atoms with Crippen LogP contribution in [-0.4, -0.2) is 18.9 Å². The molecule has 3 rings (SSSR count). The number of ether oxygens (including phenoxy) is 1. The molecule has 0 unspecified atom stereocenters. The van der Waals surface area contributed by atoms with Crippen LogP contribution in [0.4, 0.5) is 11.4 Å². The lowest BCUT2D eigenvalue weighted by molar-refractivity contribution is 0.102. The minimum absolute atomic E-state index is 0.225. The number of carbonyl (C=O) groups excluding carboxylic acids is 2. The fraction of sp³-hybridized carbons (Fsp3) is 0.0476. The molecule has 0 aliphatic heterocycles. The predicted molar refractivity (Wildman–Crippen MR) is 112 cm³/mol. The van der Waals surface area contributed by atoms with Crippen molar-refractivity contribution < 1.29 is 14.3 Å². The van der Waals surface area contributed by atoms with E-state index in [2.05, 4.69) is 10.6 Å². The first-order valence-corrected chi connectivity index (χ1v) is 9.04. The van der Waals surface area contributed by atoms with Crippen LogP contribution >= 0.6 is 23.2 Å². The Bertz CT molecular complexity index is 1040. The Kier molecular flexibility index (Phi) is 6.19. The summed E-state index contributed by atoms with van der Waals surface area (Å²) >= 11 is 12.0. The zero-order valence-electron chi connectivity index (χ0n) is 14.8. The summed E-state index contributed by atoms with van der Waals surface area (Å²) in [5, 5.41) is 6.17. The summed E-state index contributed by atoms with van der Waals surface area (Å²) in [6.45, 7) is 0. The van der Waals surface area contributed by atoms with Crippen LogP contribution in [0.25, 0.3) is 0 Å². The molecule has 0 aromatic heterocycles. The van der Waals surface area contributed by atoms with E-state index in [1.807, 2.05) is 0 Å². The standard InChI is InChI=1S/C21H16Cl2N2O3/c1-28-15-6-4-5-14(12-15)24-21(27)17-7-2-3-8-19(17)25-20(26)16-10-9-13(22)11-18(16)23/h2-12H,1H3,(H,24,27)(H,25,26). The molecular weight excluding hydrogens is 399 g/mol. The molecular formula is C21H16Cl2N2O3. The smallest absolute Gasteiger partial charge is 0.257 e. The summed E-state index contributed by atoms with van der Waals surface area (Å²) in [7, 11) is 1.55. The number of methoxy groups -OCH3 is 1. The molecule has 142 valence electrons. The van der Waals surface area contributed by atoms with Crippen LogP contribution in [0, 0.1) is 0 Å². The van der Waals surface area contributed by atoms with Crippen LogP contribution in [0.15, 0.2) is 66.7 Å². The second-order valence-corrected chi connectivity index (χ2v) is 6.65. The number of carbonyl (C=O) groups is 2. The average Bonchev–Trinajstić information content (AvgIpc) is 2.68. The number of rotatable bonds is 5. The molecule has 0 heterocycles. The Hall–Kier alpha value is -3.02. The van der Waals surface area contributed by atoms with Gasteiger partial charge in [-0.05, 0) is 42.5 Å². The first-order valence-electron chi connectivity index (χ1n) is 8.29. The molecule has 0 saturated carbocycles. The van der Waals surface area contributed by atoms with Crippen LogP contribution in [0.1, 0.15) is 20.7 Å². The van der Waals surface area contributed by atoms with Gasteiger partial charge in [0.15, 0.2) is 0 Å². The Labute approximate surface area is 172 Å². The topological polar surface area (TPSA) is 67.4 Å². The number of hydrogen-bond acceptors (Lipinski definition) is 3. The van der Waals surface area contributed by atoms with Crippen molar-refractivity contribution in [3.63, 3.8) is 0 Å². The molecule has 5 nitrogen and oxygen atoms in total. The Morgan fingerprint density at radius 2 is 1.57 bits per heavy atom. The van der Waals surface area contributed by atoms with Gasteiger partial charge >= 0.3 is 0 Å². The van der Waals surface area contributed by atoms with E-state index in [0.29, 0.717) is 27.7 Å². The largest absolute Gasteiger partial charge is 0.497 e. The zero-order valence-corrected chi connectivity index (χ0v) is 16.3. The highest BCUT2D eigenvalue weighted by atomic mass is 35.5. The van der Waals surface area contributed by atoms with E-state index in [1.165, 1.54) is 12.1 Å². The molecule has 28 heavy (non-hydrogen) atoms. The average molecular weight is 415 g/mol. The minimum Gasteiger partial charge on any atom is -0.497 e. The number of amides is 2. The Morgan fingerprint density at radius 3 is 2.32 bits per heavy atom. The van der Waals surface area contributed by atoms with Crippen molar-refractivity contribution in [3.05, 3.63) is 87.9 Å². The highest BCUT2D eigenvalue weighted by molar-refractivity contribution is 6.37. The number of benzene rings is 3. The summed E-state index contributed by atoms with van der Waals surface area (Å²) in [5.74, 6) is -0.188. The van der Waals surface area contributed by atoms with E-state index in [1.54, 1.807) is 61.7 Å². The first kappa shape index (κ1) is 19.7. The van der Waals surface area contributed by atoms with Gasteiger partial charge in [0.1, 0.15) is 5.75 Å². The van der Waals surface area contributed by atoms with Gasteiger partial charge in [0.2, 0.25) is 0 Å². The second-order valence-electron chi connectivity index (χ2n) is 5.81. The third-order valence-electron chi connectivity index (χ3n) is 3.92. The summed E-state index contributed by atoms with van der Waals surface area (Å²) in [5.41, 5.74) is 1.50. The van der Waals surface area contributed by atoms with E-state index in [9.17, 15) is 9.59 Å². The first-order chi connectivity index (χ1) is 13.5. The van der Waals surface area contributed by atoms with E-state index in [-0.39, 0.29) is 16.5 Å². The van der Waals surface area contributed by atoms with E-state index in [0.717, 1.165) is 0 Å². The molecule has 3 aromatic carbocycles. The molecule has 0 aliphatic rings. The van der Waals surface area contributed by atoms with Gasteiger partial charge in [-0.15, -0.1) is 0 Å². The fourth-order valence-electron chi connectivity index (χ4n) is 2.55.